The molecule has 1 aliphatic heterocycles. The second-order valence-corrected chi connectivity index (χ2v) is 11.3. The molecule has 1 aliphatic rings. The zero-order valence-electron chi connectivity index (χ0n) is 13.0. The predicted molar refractivity (Wildman–Crippen MR) is 79.4 cm³/mol. The van der Waals surface area contributed by atoms with E-state index in [2.05, 4.69) is 39.2 Å². The largest absolute Gasteiger partial charge is 0.473 e. The third-order valence-electron chi connectivity index (χ3n) is 3.83. The maximum absolute atomic E-state index is 9.10. The van der Waals surface area contributed by atoms with E-state index in [-0.39, 0.29) is 0 Å². The van der Waals surface area contributed by atoms with Gasteiger partial charge in [0.1, 0.15) is 0 Å². The van der Waals surface area contributed by atoms with E-state index < -0.39 is 20.3 Å². The highest BCUT2D eigenvalue weighted by molar-refractivity contribution is 6.74. The van der Waals surface area contributed by atoms with Gasteiger partial charge < -0.3 is 20.0 Å². The first-order chi connectivity index (χ1) is 8.97. The lowest BCUT2D eigenvalue weighted by Gasteiger charge is -2.36. The normalized spacial score (nSPS) is 19.1. The van der Waals surface area contributed by atoms with Crippen molar-refractivity contribution in [3.63, 3.8) is 0 Å². The molecule has 1 fully saturated rings. The van der Waals surface area contributed by atoms with Crippen molar-refractivity contribution in [3.05, 3.63) is 0 Å². The minimum absolute atomic E-state index is 0.346. The highest BCUT2D eigenvalue weighted by atomic mass is 28.4. The molecule has 1 rings (SSSR count). The van der Waals surface area contributed by atoms with Crippen LogP contribution in [-0.4, -0.2) is 50.2 Å². The molecule has 6 nitrogen and oxygen atoms in total. The molecule has 0 aromatic heterocycles. The monoisotopic (exact) mass is 305 g/mol. The van der Waals surface area contributed by atoms with Crippen molar-refractivity contribution in [2.45, 2.75) is 45.3 Å². The predicted octanol–water partition coefficient (Wildman–Crippen LogP) is 1.77. The summed E-state index contributed by atoms with van der Waals surface area (Å²) >= 11 is 0. The molecule has 1 saturated heterocycles. The minimum Gasteiger partial charge on any atom is -0.473 e. The van der Waals surface area contributed by atoms with E-state index >= 15 is 0 Å². The minimum atomic E-state index is -1.82. The lowest BCUT2D eigenvalue weighted by atomic mass is 10.1. The van der Waals surface area contributed by atoms with Crippen molar-refractivity contribution in [1.82, 2.24) is 5.32 Å². The van der Waals surface area contributed by atoms with Crippen LogP contribution < -0.4 is 5.32 Å². The SMILES string of the molecule is CC(C)(C)[Si](C)(C)OCC1CCNC1.O=C(O)C(=O)O. The van der Waals surface area contributed by atoms with Crippen molar-refractivity contribution in [3.8, 4) is 0 Å². The highest BCUT2D eigenvalue weighted by Gasteiger charge is 2.37. The van der Waals surface area contributed by atoms with Gasteiger partial charge in [-0.15, -0.1) is 0 Å². The number of carbonyl (C=O) groups is 2. The summed E-state index contributed by atoms with van der Waals surface area (Å²) < 4.78 is 6.18. The van der Waals surface area contributed by atoms with Crippen molar-refractivity contribution in [2.75, 3.05) is 19.7 Å². The van der Waals surface area contributed by atoms with Gasteiger partial charge in [0, 0.05) is 13.2 Å². The number of hydrogen-bond donors (Lipinski definition) is 3. The maximum Gasteiger partial charge on any atom is 0.414 e. The molecule has 3 N–H and O–H groups in total. The Morgan fingerprint density at radius 2 is 1.75 bits per heavy atom. The number of carboxylic acid groups (broad SMARTS) is 2. The van der Waals surface area contributed by atoms with Gasteiger partial charge >= 0.3 is 11.9 Å². The van der Waals surface area contributed by atoms with E-state index in [9.17, 15) is 0 Å². The number of aliphatic carboxylic acids is 2. The Morgan fingerprint density at radius 3 is 2.05 bits per heavy atom. The summed E-state index contributed by atoms with van der Waals surface area (Å²) in [5.74, 6) is -2.89. The fourth-order valence-corrected chi connectivity index (χ4v) is 2.48. The lowest BCUT2D eigenvalue weighted by Crippen LogP contribution is -2.42. The lowest BCUT2D eigenvalue weighted by molar-refractivity contribution is -0.159. The van der Waals surface area contributed by atoms with Gasteiger partial charge in [-0.25, -0.2) is 9.59 Å². The second-order valence-electron chi connectivity index (χ2n) is 6.54. The maximum atomic E-state index is 9.10. The molecule has 0 amide bonds. The summed E-state index contributed by atoms with van der Waals surface area (Å²) in [6, 6.07) is 0. The fourth-order valence-electron chi connectivity index (χ4n) is 1.40. The summed E-state index contributed by atoms with van der Waals surface area (Å²) in [7, 11) is -1.50. The molecule has 1 atom stereocenters. The van der Waals surface area contributed by atoms with Crippen LogP contribution in [0.5, 0.6) is 0 Å². The molecule has 0 bridgehead atoms. The summed E-state index contributed by atoms with van der Waals surface area (Å²) in [6.07, 6.45) is 1.29. The molecule has 0 aliphatic carbocycles. The number of hydrogen-bond acceptors (Lipinski definition) is 4. The molecule has 0 saturated carbocycles. The van der Waals surface area contributed by atoms with Crippen LogP contribution in [0.4, 0.5) is 0 Å². The average molecular weight is 305 g/mol. The van der Waals surface area contributed by atoms with Crippen molar-refractivity contribution in [1.29, 1.82) is 0 Å². The Bertz CT molecular complexity index is 320. The number of nitrogens with one attached hydrogen (secondary N) is 1. The zero-order chi connectivity index (χ0) is 16.0. The third-order valence-corrected chi connectivity index (χ3v) is 8.33. The van der Waals surface area contributed by atoms with Gasteiger partial charge in [-0.3, -0.25) is 0 Å². The molecule has 0 spiro atoms. The fraction of sp³-hybridized carbons (Fsp3) is 0.846. The van der Waals surface area contributed by atoms with E-state index in [4.69, 9.17) is 24.2 Å². The molecule has 7 heteroatoms. The molecular weight excluding hydrogens is 278 g/mol. The molecule has 1 heterocycles. The molecule has 118 valence electrons. The zero-order valence-corrected chi connectivity index (χ0v) is 14.0. The highest BCUT2D eigenvalue weighted by Crippen LogP contribution is 2.36. The molecule has 20 heavy (non-hydrogen) atoms. The van der Waals surface area contributed by atoms with Gasteiger partial charge in [-0.1, -0.05) is 20.8 Å². The van der Waals surface area contributed by atoms with Gasteiger partial charge in [0.15, 0.2) is 8.32 Å². The van der Waals surface area contributed by atoms with Crippen LogP contribution in [0.1, 0.15) is 27.2 Å². The molecular formula is C13H27NO5Si. The van der Waals surface area contributed by atoms with Gasteiger partial charge in [0.05, 0.1) is 0 Å². The van der Waals surface area contributed by atoms with E-state index in [1.807, 2.05) is 0 Å². The number of rotatable bonds is 3. The van der Waals surface area contributed by atoms with Crippen LogP contribution in [0.25, 0.3) is 0 Å². The first kappa shape index (κ1) is 19.1. The van der Waals surface area contributed by atoms with E-state index in [1.54, 1.807) is 0 Å². The summed E-state index contributed by atoms with van der Waals surface area (Å²) in [5.41, 5.74) is 0. The van der Waals surface area contributed by atoms with E-state index in [0.29, 0.717) is 5.04 Å². The molecule has 1 unspecified atom stereocenters. The van der Waals surface area contributed by atoms with Crippen LogP contribution in [-0.2, 0) is 14.0 Å². The Kier molecular flexibility index (Phi) is 7.39. The van der Waals surface area contributed by atoms with E-state index in [1.165, 1.54) is 13.0 Å². The smallest absolute Gasteiger partial charge is 0.414 e. The van der Waals surface area contributed by atoms with Crippen LogP contribution in [0.3, 0.4) is 0 Å². The van der Waals surface area contributed by atoms with Crippen LogP contribution in [0.2, 0.25) is 18.1 Å². The topological polar surface area (TPSA) is 95.9 Å². The van der Waals surface area contributed by atoms with Gasteiger partial charge in [0.2, 0.25) is 0 Å². The van der Waals surface area contributed by atoms with Gasteiger partial charge in [0.25, 0.3) is 0 Å². The molecule has 0 radical (unpaired) electrons. The first-order valence-electron chi connectivity index (χ1n) is 6.78. The first-order valence-corrected chi connectivity index (χ1v) is 9.69. The van der Waals surface area contributed by atoms with Crippen molar-refractivity contribution < 1.29 is 24.2 Å². The van der Waals surface area contributed by atoms with E-state index in [0.717, 1.165) is 19.1 Å². The van der Waals surface area contributed by atoms with Crippen LogP contribution >= 0.6 is 0 Å². The summed E-state index contributed by atoms with van der Waals surface area (Å²) in [4.78, 5) is 18.2. The Labute approximate surface area is 121 Å². The van der Waals surface area contributed by atoms with Gasteiger partial charge in [-0.2, -0.15) is 0 Å². The van der Waals surface area contributed by atoms with Crippen LogP contribution in [0, 0.1) is 5.92 Å². The third kappa shape index (κ3) is 7.02. The Balaban J connectivity index is 0.000000511. The Hall–Kier alpha value is -0.923. The molecule has 0 aromatic carbocycles. The van der Waals surface area contributed by atoms with Crippen molar-refractivity contribution >= 4 is 20.3 Å². The summed E-state index contributed by atoms with van der Waals surface area (Å²) in [6.45, 7) is 14.8. The van der Waals surface area contributed by atoms with Gasteiger partial charge in [-0.05, 0) is 37.0 Å². The van der Waals surface area contributed by atoms with Crippen LogP contribution in [0.15, 0.2) is 0 Å². The molecule has 0 aromatic rings. The van der Waals surface area contributed by atoms with Crippen molar-refractivity contribution in [2.24, 2.45) is 5.92 Å². The average Bonchev–Trinajstić information content (AvgIpc) is 2.78. The number of carboxylic acids is 2. The standard InChI is InChI=1S/C11H25NOSi.C2H2O4/c1-11(2,3)14(4,5)13-9-10-6-7-12-8-10;3-1(4)2(5)6/h10,12H,6-9H2,1-5H3;(H,3,4)(H,5,6). The second kappa shape index (κ2) is 7.75. The quantitative estimate of drug-likeness (QED) is 0.543. The Morgan fingerprint density at radius 1 is 1.25 bits per heavy atom. The summed E-state index contributed by atoms with van der Waals surface area (Å²) in [5, 5.41) is 18.5.